The average molecular weight is 186 g/mol. The van der Waals surface area contributed by atoms with Crippen molar-refractivity contribution in [3.8, 4) is 0 Å². The number of nitrogens with zero attached hydrogens (tertiary/aromatic N) is 1. The molecule has 1 atom stereocenters. The SMILES string of the molecule is COC(=O)N1CCCC1C(C)(C)N. The lowest BCUT2D eigenvalue weighted by Gasteiger charge is -2.33. The summed E-state index contributed by atoms with van der Waals surface area (Å²) in [5.41, 5.74) is 5.63. The summed E-state index contributed by atoms with van der Waals surface area (Å²) in [7, 11) is 1.40. The first-order chi connectivity index (χ1) is 5.96. The molecule has 13 heavy (non-hydrogen) atoms. The van der Waals surface area contributed by atoms with E-state index in [4.69, 9.17) is 10.5 Å². The molecule has 4 heteroatoms. The first kappa shape index (κ1) is 10.3. The Morgan fingerprint density at radius 2 is 2.23 bits per heavy atom. The topological polar surface area (TPSA) is 55.6 Å². The Morgan fingerprint density at radius 1 is 1.62 bits per heavy atom. The van der Waals surface area contributed by atoms with Crippen molar-refractivity contribution >= 4 is 6.09 Å². The van der Waals surface area contributed by atoms with Crippen LogP contribution >= 0.6 is 0 Å². The van der Waals surface area contributed by atoms with Crippen molar-refractivity contribution in [1.82, 2.24) is 4.90 Å². The van der Waals surface area contributed by atoms with Gasteiger partial charge >= 0.3 is 6.09 Å². The molecule has 0 bridgehead atoms. The van der Waals surface area contributed by atoms with Gasteiger partial charge in [0.05, 0.1) is 13.2 Å². The van der Waals surface area contributed by atoms with Crippen molar-refractivity contribution < 1.29 is 9.53 Å². The van der Waals surface area contributed by atoms with Gasteiger partial charge in [0.15, 0.2) is 0 Å². The highest BCUT2D eigenvalue weighted by Gasteiger charge is 2.37. The maximum absolute atomic E-state index is 11.3. The van der Waals surface area contributed by atoms with Crippen molar-refractivity contribution in [2.75, 3.05) is 13.7 Å². The zero-order chi connectivity index (χ0) is 10.1. The second-order valence-corrected chi connectivity index (χ2v) is 4.14. The minimum Gasteiger partial charge on any atom is -0.453 e. The molecule has 1 aliphatic rings. The first-order valence-electron chi connectivity index (χ1n) is 4.60. The number of nitrogens with two attached hydrogens (primary N) is 1. The summed E-state index contributed by atoms with van der Waals surface area (Å²) in [4.78, 5) is 13.0. The zero-order valence-electron chi connectivity index (χ0n) is 8.54. The van der Waals surface area contributed by atoms with Gasteiger partial charge in [0.1, 0.15) is 0 Å². The minimum atomic E-state index is -0.343. The highest BCUT2D eigenvalue weighted by atomic mass is 16.5. The number of hydrogen-bond acceptors (Lipinski definition) is 3. The van der Waals surface area contributed by atoms with Crippen LogP contribution in [0.4, 0.5) is 4.79 Å². The summed E-state index contributed by atoms with van der Waals surface area (Å²) in [6.45, 7) is 4.65. The molecule has 0 spiro atoms. The maximum Gasteiger partial charge on any atom is 0.409 e. The molecular formula is C9H18N2O2. The van der Waals surface area contributed by atoms with Gasteiger partial charge in [0.25, 0.3) is 0 Å². The molecule has 1 rings (SSSR count). The van der Waals surface area contributed by atoms with Crippen LogP contribution in [0.15, 0.2) is 0 Å². The Labute approximate surface area is 79.0 Å². The number of carbonyl (C=O) groups excluding carboxylic acids is 1. The fraction of sp³-hybridized carbons (Fsp3) is 0.889. The number of carbonyl (C=O) groups is 1. The van der Waals surface area contributed by atoms with Crippen LogP contribution in [0.3, 0.4) is 0 Å². The van der Waals surface area contributed by atoms with E-state index in [-0.39, 0.29) is 17.7 Å². The van der Waals surface area contributed by atoms with Gasteiger partial charge in [-0.15, -0.1) is 0 Å². The van der Waals surface area contributed by atoms with Gasteiger partial charge in [0, 0.05) is 12.1 Å². The molecule has 0 aliphatic carbocycles. The van der Waals surface area contributed by atoms with Crippen LogP contribution in [-0.2, 0) is 4.74 Å². The average Bonchev–Trinajstić information content (AvgIpc) is 2.49. The molecule has 0 aromatic carbocycles. The standard InChI is InChI=1S/C9H18N2O2/c1-9(2,10)7-5-4-6-11(7)8(12)13-3/h7H,4-6,10H2,1-3H3. The summed E-state index contributed by atoms with van der Waals surface area (Å²) >= 11 is 0. The number of amides is 1. The van der Waals surface area contributed by atoms with Crippen LogP contribution in [-0.4, -0.2) is 36.2 Å². The molecule has 4 nitrogen and oxygen atoms in total. The maximum atomic E-state index is 11.3. The molecule has 2 N–H and O–H groups in total. The first-order valence-corrected chi connectivity index (χ1v) is 4.60. The summed E-state index contributed by atoms with van der Waals surface area (Å²) in [6.07, 6.45) is 1.72. The van der Waals surface area contributed by atoms with Crippen LogP contribution in [0, 0.1) is 0 Å². The highest BCUT2D eigenvalue weighted by Crippen LogP contribution is 2.25. The van der Waals surface area contributed by atoms with Crippen molar-refractivity contribution in [2.24, 2.45) is 5.73 Å². The van der Waals surface area contributed by atoms with E-state index in [9.17, 15) is 4.79 Å². The third-order valence-corrected chi connectivity index (χ3v) is 2.52. The van der Waals surface area contributed by atoms with Gasteiger partial charge in [-0.25, -0.2) is 4.79 Å². The Kier molecular flexibility index (Phi) is 2.81. The third-order valence-electron chi connectivity index (χ3n) is 2.52. The monoisotopic (exact) mass is 186 g/mol. The van der Waals surface area contributed by atoms with E-state index in [2.05, 4.69) is 0 Å². The van der Waals surface area contributed by atoms with Crippen molar-refractivity contribution in [3.05, 3.63) is 0 Å². The molecule has 0 aromatic heterocycles. The van der Waals surface area contributed by atoms with Gasteiger partial charge in [0.2, 0.25) is 0 Å². The molecule has 1 unspecified atom stereocenters. The van der Waals surface area contributed by atoms with Gasteiger partial charge in [-0.05, 0) is 26.7 Å². The Morgan fingerprint density at radius 3 is 2.69 bits per heavy atom. The number of rotatable bonds is 1. The molecule has 76 valence electrons. The van der Waals surface area contributed by atoms with E-state index < -0.39 is 0 Å². The van der Waals surface area contributed by atoms with Crippen LogP contribution in [0.2, 0.25) is 0 Å². The molecule has 1 heterocycles. The van der Waals surface area contributed by atoms with Gasteiger partial charge in [-0.1, -0.05) is 0 Å². The number of ether oxygens (including phenoxy) is 1. The zero-order valence-corrected chi connectivity index (χ0v) is 8.54. The third kappa shape index (κ3) is 2.12. The molecule has 0 saturated carbocycles. The largest absolute Gasteiger partial charge is 0.453 e. The smallest absolute Gasteiger partial charge is 0.409 e. The van der Waals surface area contributed by atoms with E-state index in [1.165, 1.54) is 7.11 Å². The molecule has 0 radical (unpaired) electrons. The van der Waals surface area contributed by atoms with E-state index in [0.717, 1.165) is 19.4 Å². The van der Waals surface area contributed by atoms with E-state index in [1.54, 1.807) is 4.90 Å². The van der Waals surface area contributed by atoms with E-state index in [1.807, 2.05) is 13.8 Å². The van der Waals surface area contributed by atoms with Crippen molar-refractivity contribution in [3.63, 3.8) is 0 Å². The lowest BCUT2D eigenvalue weighted by molar-refractivity contribution is 0.104. The van der Waals surface area contributed by atoms with Crippen LogP contribution in [0.1, 0.15) is 26.7 Å². The molecule has 1 saturated heterocycles. The predicted molar refractivity (Wildman–Crippen MR) is 50.4 cm³/mol. The molecular weight excluding hydrogens is 168 g/mol. The number of likely N-dealkylation sites (tertiary alicyclic amines) is 1. The Hall–Kier alpha value is -0.770. The summed E-state index contributed by atoms with van der Waals surface area (Å²) in [5.74, 6) is 0. The second-order valence-electron chi connectivity index (χ2n) is 4.14. The van der Waals surface area contributed by atoms with Crippen molar-refractivity contribution in [2.45, 2.75) is 38.3 Å². The van der Waals surface area contributed by atoms with Crippen LogP contribution in [0.5, 0.6) is 0 Å². The van der Waals surface area contributed by atoms with Crippen molar-refractivity contribution in [1.29, 1.82) is 0 Å². The molecule has 1 aliphatic heterocycles. The van der Waals surface area contributed by atoms with Gasteiger partial charge in [-0.3, -0.25) is 0 Å². The second kappa shape index (κ2) is 3.54. The normalized spacial score (nSPS) is 23.4. The minimum absolute atomic E-state index is 0.111. The molecule has 0 aromatic rings. The quantitative estimate of drug-likeness (QED) is 0.663. The Balaban J connectivity index is 2.70. The summed E-state index contributed by atoms with van der Waals surface area (Å²) in [6, 6.07) is 0.111. The number of methoxy groups -OCH3 is 1. The fourth-order valence-electron chi connectivity index (χ4n) is 1.88. The summed E-state index contributed by atoms with van der Waals surface area (Å²) < 4.78 is 4.69. The highest BCUT2D eigenvalue weighted by molar-refractivity contribution is 5.68. The predicted octanol–water partition coefficient (Wildman–Crippen LogP) is 0.954. The van der Waals surface area contributed by atoms with Gasteiger partial charge < -0.3 is 15.4 Å². The van der Waals surface area contributed by atoms with Gasteiger partial charge in [-0.2, -0.15) is 0 Å². The Bertz CT molecular complexity index is 198. The number of hydrogen-bond donors (Lipinski definition) is 1. The molecule has 1 fully saturated rings. The molecule has 1 amide bonds. The lowest BCUT2D eigenvalue weighted by Crippen LogP contribution is -2.53. The van der Waals surface area contributed by atoms with E-state index >= 15 is 0 Å². The van der Waals surface area contributed by atoms with Crippen LogP contribution in [0.25, 0.3) is 0 Å². The fourth-order valence-corrected chi connectivity index (χ4v) is 1.88. The van der Waals surface area contributed by atoms with Crippen LogP contribution < -0.4 is 5.73 Å². The lowest BCUT2D eigenvalue weighted by atomic mass is 9.94. The summed E-state index contributed by atoms with van der Waals surface area (Å²) in [5, 5.41) is 0. The van der Waals surface area contributed by atoms with E-state index in [0.29, 0.717) is 0 Å².